The van der Waals surface area contributed by atoms with Crippen LogP contribution in [0.4, 0.5) is 0 Å². The van der Waals surface area contributed by atoms with E-state index in [1.807, 2.05) is 37.3 Å². The average Bonchev–Trinajstić information content (AvgIpc) is 2.30. The maximum atomic E-state index is 11.9. The Hall–Kier alpha value is -0.960. The van der Waals surface area contributed by atoms with E-state index in [-0.39, 0.29) is 17.2 Å². The zero-order valence-electron chi connectivity index (χ0n) is 10.8. The number of hydrogen-bond acceptors (Lipinski definition) is 2. The second-order valence-electron chi connectivity index (χ2n) is 4.27. The molecule has 94 valence electrons. The molecule has 1 rings (SSSR count). The molecule has 0 aliphatic heterocycles. The van der Waals surface area contributed by atoms with Crippen molar-refractivity contribution in [3.63, 3.8) is 0 Å². The summed E-state index contributed by atoms with van der Waals surface area (Å²) in [6.07, 6.45) is 2.14. The molecule has 3 heteroatoms. The first-order chi connectivity index (χ1) is 8.13. The fourth-order valence-electron chi connectivity index (χ4n) is 1.62. The van der Waals surface area contributed by atoms with Gasteiger partial charge in [-0.05, 0) is 32.4 Å². The average molecular weight is 251 g/mol. The summed E-state index contributed by atoms with van der Waals surface area (Å²) >= 11 is 1.60. The Morgan fingerprint density at radius 2 is 1.94 bits per heavy atom. The van der Waals surface area contributed by atoms with Crippen LogP contribution in [-0.2, 0) is 4.79 Å². The summed E-state index contributed by atoms with van der Waals surface area (Å²) in [5.74, 6) is 0.125. The smallest absolute Gasteiger partial charge is 0.233 e. The van der Waals surface area contributed by atoms with Gasteiger partial charge in [0.05, 0.1) is 5.25 Å². The van der Waals surface area contributed by atoms with Gasteiger partial charge in [0.15, 0.2) is 0 Å². The highest BCUT2D eigenvalue weighted by Crippen LogP contribution is 2.22. The lowest BCUT2D eigenvalue weighted by Gasteiger charge is -2.16. The minimum Gasteiger partial charge on any atom is -0.353 e. The minimum absolute atomic E-state index is 0.0447. The summed E-state index contributed by atoms with van der Waals surface area (Å²) in [5.41, 5.74) is 0. The third-order valence-electron chi connectivity index (χ3n) is 2.54. The molecule has 2 atom stereocenters. The van der Waals surface area contributed by atoms with E-state index in [1.54, 1.807) is 11.8 Å². The molecule has 2 nitrogen and oxygen atoms in total. The molecule has 1 aromatic carbocycles. The first-order valence-electron chi connectivity index (χ1n) is 6.15. The van der Waals surface area contributed by atoms with Gasteiger partial charge in [0.1, 0.15) is 0 Å². The monoisotopic (exact) mass is 251 g/mol. The number of thioether (sulfide) groups is 1. The van der Waals surface area contributed by atoms with Crippen LogP contribution in [-0.4, -0.2) is 17.2 Å². The van der Waals surface area contributed by atoms with E-state index in [0.29, 0.717) is 0 Å². The predicted octanol–water partition coefficient (Wildman–Crippen LogP) is 3.47. The van der Waals surface area contributed by atoms with Crippen molar-refractivity contribution in [2.24, 2.45) is 0 Å². The molecule has 1 aromatic rings. The highest BCUT2D eigenvalue weighted by Gasteiger charge is 2.15. The van der Waals surface area contributed by atoms with Gasteiger partial charge in [-0.1, -0.05) is 31.5 Å². The third-order valence-corrected chi connectivity index (χ3v) is 3.65. The zero-order valence-corrected chi connectivity index (χ0v) is 11.6. The third kappa shape index (κ3) is 5.26. The van der Waals surface area contributed by atoms with E-state index in [9.17, 15) is 4.79 Å². The summed E-state index contributed by atoms with van der Waals surface area (Å²) in [4.78, 5) is 13.0. The highest BCUT2D eigenvalue weighted by atomic mass is 32.2. The number of rotatable bonds is 6. The summed E-state index contributed by atoms with van der Waals surface area (Å²) < 4.78 is 0. The van der Waals surface area contributed by atoms with Crippen LogP contribution in [0.2, 0.25) is 0 Å². The van der Waals surface area contributed by atoms with Crippen molar-refractivity contribution < 1.29 is 4.79 Å². The van der Waals surface area contributed by atoms with Gasteiger partial charge in [-0.2, -0.15) is 0 Å². The molecule has 0 aliphatic rings. The number of carbonyl (C=O) groups is 1. The van der Waals surface area contributed by atoms with Gasteiger partial charge in [0.25, 0.3) is 0 Å². The first kappa shape index (κ1) is 14.1. The Labute approximate surface area is 108 Å². The number of nitrogens with one attached hydrogen (secondary N) is 1. The molecule has 1 N–H and O–H groups in total. The first-order valence-corrected chi connectivity index (χ1v) is 7.03. The molecule has 0 heterocycles. The highest BCUT2D eigenvalue weighted by molar-refractivity contribution is 8.00. The van der Waals surface area contributed by atoms with E-state index in [1.165, 1.54) is 0 Å². The van der Waals surface area contributed by atoms with Crippen LogP contribution in [0.5, 0.6) is 0 Å². The lowest BCUT2D eigenvalue weighted by Crippen LogP contribution is -2.37. The second-order valence-corrected chi connectivity index (χ2v) is 5.69. The van der Waals surface area contributed by atoms with Gasteiger partial charge >= 0.3 is 0 Å². The van der Waals surface area contributed by atoms with E-state index in [2.05, 4.69) is 19.2 Å². The number of hydrogen-bond donors (Lipinski definition) is 1. The molecule has 0 fully saturated rings. The molecule has 0 spiro atoms. The van der Waals surface area contributed by atoms with Crippen molar-refractivity contribution in [3.05, 3.63) is 30.3 Å². The SMILES string of the molecule is CCC[C@H](C)NC(=O)[C@H](C)Sc1ccccc1. The van der Waals surface area contributed by atoms with Crippen molar-refractivity contribution >= 4 is 17.7 Å². The topological polar surface area (TPSA) is 29.1 Å². The summed E-state index contributed by atoms with van der Waals surface area (Å²) in [5, 5.41) is 3.00. The van der Waals surface area contributed by atoms with Gasteiger partial charge in [0, 0.05) is 10.9 Å². The van der Waals surface area contributed by atoms with Gasteiger partial charge in [0.2, 0.25) is 5.91 Å². The number of benzene rings is 1. The molecular formula is C14H21NOS. The zero-order chi connectivity index (χ0) is 12.7. The van der Waals surface area contributed by atoms with E-state index < -0.39 is 0 Å². The van der Waals surface area contributed by atoms with Crippen LogP contribution in [0.25, 0.3) is 0 Å². The Morgan fingerprint density at radius 3 is 2.53 bits per heavy atom. The predicted molar refractivity (Wildman–Crippen MR) is 74.3 cm³/mol. The van der Waals surface area contributed by atoms with Crippen molar-refractivity contribution in [2.75, 3.05) is 0 Å². The molecule has 0 aliphatic carbocycles. The standard InChI is InChI=1S/C14H21NOS/c1-4-8-11(2)15-14(16)12(3)17-13-9-6-5-7-10-13/h5-7,9-12H,4,8H2,1-3H3,(H,15,16)/t11-,12-/m0/s1. The molecular weight excluding hydrogens is 230 g/mol. The largest absolute Gasteiger partial charge is 0.353 e. The lowest BCUT2D eigenvalue weighted by molar-refractivity contribution is -0.120. The molecule has 1 amide bonds. The normalized spacial score (nSPS) is 14.1. The van der Waals surface area contributed by atoms with Crippen LogP contribution >= 0.6 is 11.8 Å². The van der Waals surface area contributed by atoms with Crippen molar-refractivity contribution in [2.45, 2.75) is 49.8 Å². The Kier molecular flexibility index (Phi) is 6.12. The Morgan fingerprint density at radius 1 is 1.29 bits per heavy atom. The minimum atomic E-state index is -0.0447. The summed E-state index contributed by atoms with van der Waals surface area (Å²) in [6.45, 7) is 6.14. The van der Waals surface area contributed by atoms with Gasteiger partial charge in [-0.3, -0.25) is 4.79 Å². The number of amides is 1. The van der Waals surface area contributed by atoms with E-state index in [0.717, 1.165) is 17.7 Å². The number of carbonyl (C=O) groups excluding carboxylic acids is 1. The van der Waals surface area contributed by atoms with Gasteiger partial charge < -0.3 is 5.32 Å². The Balaban J connectivity index is 2.42. The molecule has 0 unspecified atom stereocenters. The molecule has 0 aromatic heterocycles. The second kappa shape index (κ2) is 7.38. The van der Waals surface area contributed by atoms with E-state index in [4.69, 9.17) is 0 Å². The molecule has 17 heavy (non-hydrogen) atoms. The fourth-order valence-corrected chi connectivity index (χ4v) is 2.52. The van der Waals surface area contributed by atoms with Crippen LogP contribution < -0.4 is 5.32 Å². The molecule has 0 radical (unpaired) electrons. The summed E-state index contributed by atoms with van der Waals surface area (Å²) in [6, 6.07) is 10.3. The van der Waals surface area contributed by atoms with Crippen molar-refractivity contribution in [1.29, 1.82) is 0 Å². The van der Waals surface area contributed by atoms with Gasteiger partial charge in [-0.25, -0.2) is 0 Å². The van der Waals surface area contributed by atoms with Crippen LogP contribution in [0.1, 0.15) is 33.6 Å². The fraction of sp³-hybridized carbons (Fsp3) is 0.500. The molecule has 0 bridgehead atoms. The molecule has 0 saturated heterocycles. The summed E-state index contributed by atoms with van der Waals surface area (Å²) in [7, 11) is 0. The van der Waals surface area contributed by atoms with Crippen molar-refractivity contribution in [3.8, 4) is 0 Å². The van der Waals surface area contributed by atoms with Crippen LogP contribution in [0.3, 0.4) is 0 Å². The maximum absolute atomic E-state index is 11.9. The van der Waals surface area contributed by atoms with Crippen molar-refractivity contribution in [1.82, 2.24) is 5.32 Å². The Bertz CT molecular complexity index is 339. The maximum Gasteiger partial charge on any atom is 0.233 e. The van der Waals surface area contributed by atoms with Gasteiger partial charge in [-0.15, -0.1) is 11.8 Å². The van der Waals surface area contributed by atoms with Crippen LogP contribution in [0, 0.1) is 0 Å². The quantitative estimate of drug-likeness (QED) is 0.784. The lowest BCUT2D eigenvalue weighted by atomic mass is 10.2. The van der Waals surface area contributed by atoms with Crippen LogP contribution in [0.15, 0.2) is 35.2 Å². The van der Waals surface area contributed by atoms with E-state index >= 15 is 0 Å². The molecule has 0 saturated carbocycles.